The fourth-order valence-electron chi connectivity index (χ4n) is 3.70. The number of nitrogens with one attached hydrogen (secondary N) is 1. The highest BCUT2D eigenvalue weighted by atomic mass is 35.5. The maximum absolute atomic E-state index is 13.0. The van der Waals surface area contributed by atoms with Crippen molar-refractivity contribution in [2.24, 2.45) is 5.73 Å². The SMILES string of the molecule is NC(=O)C1=CC=C(Cl)[SH]1c1cc(C(=O)Nc2ccc(OC(F)(F)Cl)cc2)cnc1N1CC[C@@H](O)C1. The van der Waals surface area contributed by atoms with Crippen molar-refractivity contribution >= 4 is 57.4 Å². The van der Waals surface area contributed by atoms with Crippen molar-refractivity contribution in [2.75, 3.05) is 23.3 Å². The molecule has 186 valence electrons. The van der Waals surface area contributed by atoms with Crippen molar-refractivity contribution in [3.05, 3.63) is 63.5 Å². The van der Waals surface area contributed by atoms with Gasteiger partial charge in [0, 0.05) is 41.5 Å². The van der Waals surface area contributed by atoms with Crippen LogP contribution in [0, 0.1) is 0 Å². The molecule has 35 heavy (non-hydrogen) atoms. The lowest BCUT2D eigenvalue weighted by Gasteiger charge is -2.27. The van der Waals surface area contributed by atoms with Crippen molar-refractivity contribution in [2.45, 2.75) is 23.0 Å². The van der Waals surface area contributed by atoms with Crippen LogP contribution in [0.1, 0.15) is 16.8 Å². The van der Waals surface area contributed by atoms with Gasteiger partial charge in [-0.05, 0) is 48.9 Å². The topological polar surface area (TPSA) is 118 Å². The average Bonchev–Trinajstić information content (AvgIpc) is 3.39. The number of pyridine rings is 1. The molecule has 4 N–H and O–H groups in total. The van der Waals surface area contributed by atoms with Gasteiger partial charge in [-0.15, -0.1) is 8.78 Å². The first-order chi connectivity index (χ1) is 16.5. The van der Waals surface area contributed by atoms with E-state index in [1.165, 1.54) is 30.5 Å². The van der Waals surface area contributed by atoms with E-state index in [4.69, 9.17) is 28.9 Å². The van der Waals surface area contributed by atoms with E-state index in [1.54, 1.807) is 18.2 Å². The number of rotatable bonds is 7. The number of hydrogen-bond acceptors (Lipinski definition) is 6. The highest BCUT2D eigenvalue weighted by molar-refractivity contribution is 8.25. The smallest absolute Gasteiger partial charge is 0.420 e. The summed E-state index contributed by atoms with van der Waals surface area (Å²) >= 11 is 11.2. The molecule has 1 saturated heterocycles. The van der Waals surface area contributed by atoms with Crippen LogP contribution in [0.4, 0.5) is 20.3 Å². The Morgan fingerprint density at radius 2 is 2.00 bits per heavy atom. The fraction of sp³-hybridized carbons (Fsp3) is 0.227. The summed E-state index contributed by atoms with van der Waals surface area (Å²) in [6.45, 7) is 0.893. The number of halogens is 4. The highest BCUT2D eigenvalue weighted by Crippen LogP contribution is 2.58. The predicted octanol–water partition coefficient (Wildman–Crippen LogP) is 3.90. The summed E-state index contributed by atoms with van der Waals surface area (Å²) in [6.07, 6.45) is 4.56. The molecule has 2 amide bonds. The number of benzene rings is 1. The number of hydrogen-bond donors (Lipinski definition) is 4. The number of primary amides is 1. The van der Waals surface area contributed by atoms with E-state index >= 15 is 0 Å². The molecule has 0 bridgehead atoms. The zero-order valence-corrected chi connectivity index (χ0v) is 20.3. The predicted molar refractivity (Wildman–Crippen MR) is 131 cm³/mol. The second-order valence-corrected chi connectivity index (χ2v) is 10.9. The van der Waals surface area contributed by atoms with Crippen LogP contribution < -0.4 is 20.7 Å². The summed E-state index contributed by atoms with van der Waals surface area (Å²) in [4.78, 5) is 32.2. The highest BCUT2D eigenvalue weighted by Gasteiger charge is 2.31. The quantitative estimate of drug-likeness (QED) is 0.310. The van der Waals surface area contributed by atoms with Gasteiger partial charge in [-0.1, -0.05) is 11.6 Å². The number of aromatic nitrogens is 1. The Morgan fingerprint density at radius 3 is 2.60 bits per heavy atom. The number of alkyl halides is 3. The Labute approximate surface area is 211 Å². The number of nitrogens with zero attached hydrogens (tertiary/aromatic N) is 2. The van der Waals surface area contributed by atoms with E-state index in [2.05, 4.69) is 15.0 Å². The van der Waals surface area contributed by atoms with Crippen molar-refractivity contribution in [1.29, 1.82) is 0 Å². The Bertz CT molecular complexity index is 1220. The molecule has 0 saturated carbocycles. The van der Waals surface area contributed by atoms with E-state index in [-0.39, 0.29) is 11.3 Å². The first-order valence-electron chi connectivity index (χ1n) is 10.3. The fourth-order valence-corrected chi connectivity index (χ4v) is 6.46. The largest absolute Gasteiger partial charge is 0.487 e. The number of carbonyl (C=O) groups is 2. The Hall–Kier alpha value is -2.86. The van der Waals surface area contributed by atoms with Gasteiger partial charge in [0.2, 0.25) is 0 Å². The molecule has 2 aromatic rings. The van der Waals surface area contributed by atoms with Gasteiger partial charge in [0.1, 0.15) is 11.6 Å². The molecular weight excluding hydrogens is 525 g/mol. The lowest BCUT2D eigenvalue weighted by molar-refractivity contribution is -0.113. The summed E-state index contributed by atoms with van der Waals surface area (Å²) < 4.78 is 30.2. The van der Waals surface area contributed by atoms with Gasteiger partial charge < -0.3 is 25.8 Å². The van der Waals surface area contributed by atoms with Crippen molar-refractivity contribution < 1.29 is 28.2 Å². The molecule has 1 fully saturated rings. The van der Waals surface area contributed by atoms with Gasteiger partial charge in [-0.2, -0.15) is 10.9 Å². The zero-order valence-electron chi connectivity index (χ0n) is 17.9. The van der Waals surface area contributed by atoms with Crippen LogP contribution in [0.2, 0.25) is 0 Å². The molecule has 0 spiro atoms. The minimum absolute atomic E-state index is 0.179. The molecule has 3 heterocycles. The number of anilines is 2. The van der Waals surface area contributed by atoms with Gasteiger partial charge in [0.15, 0.2) is 0 Å². The molecule has 1 unspecified atom stereocenters. The third kappa shape index (κ3) is 5.87. The average molecular weight is 545 g/mol. The first-order valence-corrected chi connectivity index (χ1v) is 12.4. The zero-order chi connectivity index (χ0) is 25.3. The van der Waals surface area contributed by atoms with E-state index in [9.17, 15) is 23.5 Å². The molecule has 1 aromatic carbocycles. The van der Waals surface area contributed by atoms with Crippen LogP contribution in [-0.2, 0) is 4.79 Å². The molecule has 2 atom stereocenters. The number of amides is 2. The van der Waals surface area contributed by atoms with E-state index in [0.29, 0.717) is 45.2 Å². The van der Waals surface area contributed by atoms with Crippen molar-refractivity contribution in [3.63, 3.8) is 0 Å². The lowest BCUT2D eigenvalue weighted by atomic mass is 10.2. The number of carbonyl (C=O) groups excluding carboxylic acids is 2. The third-order valence-corrected chi connectivity index (χ3v) is 8.19. The Kier molecular flexibility index (Phi) is 7.22. The maximum atomic E-state index is 13.0. The van der Waals surface area contributed by atoms with Crippen LogP contribution in [0.3, 0.4) is 0 Å². The third-order valence-electron chi connectivity index (χ3n) is 5.24. The van der Waals surface area contributed by atoms with E-state index < -0.39 is 34.4 Å². The first kappa shape index (κ1) is 25.2. The van der Waals surface area contributed by atoms with Gasteiger partial charge in [0.05, 0.1) is 20.9 Å². The number of nitrogens with two attached hydrogens (primary N) is 1. The molecule has 4 rings (SSSR count). The van der Waals surface area contributed by atoms with Crippen molar-refractivity contribution in [3.8, 4) is 5.75 Å². The summed E-state index contributed by atoms with van der Waals surface area (Å²) in [5.41, 5.74) is 2.21. The number of β-amino-alcohol motifs (C(OH)–C–C–N with tert-alkyl or cyclic N) is 1. The number of ether oxygens (including phenoxy) is 1. The van der Waals surface area contributed by atoms with E-state index in [1.807, 2.05) is 4.90 Å². The lowest BCUT2D eigenvalue weighted by Crippen LogP contribution is -2.24. The van der Waals surface area contributed by atoms with Crippen LogP contribution in [0.5, 0.6) is 5.75 Å². The monoisotopic (exact) mass is 544 g/mol. The summed E-state index contributed by atoms with van der Waals surface area (Å²) in [5.74, 6) is -0.828. The molecule has 1 aromatic heterocycles. The molecular formula is C22H20Cl2F2N4O4S. The molecule has 0 aliphatic carbocycles. The number of aliphatic hydroxyl groups excluding tert-OH is 1. The number of allylic oxidation sites excluding steroid dienone is 2. The van der Waals surface area contributed by atoms with Gasteiger partial charge in [-0.25, -0.2) is 4.98 Å². The Balaban J connectivity index is 1.63. The molecule has 8 nitrogen and oxygen atoms in total. The number of aliphatic hydroxyl groups is 1. The van der Waals surface area contributed by atoms with Crippen LogP contribution in [0.25, 0.3) is 0 Å². The van der Waals surface area contributed by atoms with Crippen LogP contribution >= 0.6 is 34.1 Å². The summed E-state index contributed by atoms with van der Waals surface area (Å²) in [5, 5.41) is 12.6. The standard InChI is InChI=1S/C22H20Cl2F2N4O4S/c23-18-6-5-16(19(27)32)35(18)17-9-12(10-28-20(17)30-8-7-14(31)11-30)21(33)29-13-1-3-15(4-2-13)34-22(24,25)26/h1-6,9-10,14,31,35H,7-8,11H2,(H2,27,32)(H,29,33)/t14-/m1/s1. The van der Waals surface area contributed by atoms with Gasteiger partial charge in [-0.3, -0.25) is 9.59 Å². The van der Waals surface area contributed by atoms with Gasteiger partial charge >= 0.3 is 5.57 Å². The molecule has 0 radical (unpaired) electrons. The minimum atomic E-state index is -3.85. The van der Waals surface area contributed by atoms with Crippen molar-refractivity contribution in [1.82, 2.24) is 4.98 Å². The summed E-state index contributed by atoms with van der Waals surface area (Å²) in [6, 6.07) is 6.80. The number of thiol groups is 1. The Morgan fingerprint density at radius 1 is 1.29 bits per heavy atom. The minimum Gasteiger partial charge on any atom is -0.420 e. The van der Waals surface area contributed by atoms with E-state index in [0.717, 1.165) is 0 Å². The van der Waals surface area contributed by atoms with Crippen LogP contribution in [0.15, 0.2) is 62.8 Å². The molecule has 13 heteroatoms. The second kappa shape index (κ2) is 10.0. The molecule has 2 aliphatic rings. The summed E-state index contributed by atoms with van der Waals surface area (Å²) in [7, 11) is -1.53. The maximum Gasteiger partial charge on any atom is 0.487 e. The second-order valence-electron chi connectivity index (χ2n) is 7.72. The van der Waals surface area contributed by atoms with Gasteiger partial charge in [0.25, 0.3) is 11.8 Å². The molecule has 2 aliphatic heterocycles. The van der Waals surface area contributed by atoms with Crippen LogP contribution in [-0.4, -0.2) is 46.7 Å². The normalized spacial score (nSPS) is 20.9.